The van der Waals surface area contributed by atoms with Crippen molar-refractivity contribution in [3.63, 3.8) is 0 Å². The maximum Gasteiger partial charge on any atom is 0.255 e. The third-order valence-corrected chi connectivity index (χ3v) is 3.41. The number of nitrogens with one attached hydrogen (secondary N) is 1. The van der Waals surface area contributed by atoms with Crippen LogP contribution in [0.15, 0.2) is 71.3 Å². The summed E-state index contributed by atoms with van der Waals surface area (Å²) in [7, 11) is 0. The molecule has 3 rings (SSSR count). The number of hydrogen-bond donors (Lipinski definition) is 1. The van der Waals surface area contributed by atoms with Crippen molar-refractivity contribution in [1.82, 2.24) is 5.32 Å². The monoisotopic (exact) mass is 313 g/mol. The van der Waals surface area contributed by atoms with Gasteiger partial charge in [0.1, 0.15) is 23.4 Å². The number of rotatable bonds is 4. The zero-order valence-electron chi connectivity index (χ0n) is 12.0. The number of carbonyl (C=O) groups is 1. The first kappa shape index (κ1) is 15.0. The van der Waals surface area contributed by atoms with Gasteiger partial charge in [-0.05, 0) is 35.9 Å². The molecule has 0 saturated carbocycles. The molecule has 116 valence electrons. The fourth-order valence-electron chi connectivity index (χ4n) is 2.30. The Labute approximate surface area is 131 Å². The Morgan fingerprint density at radius 1 is 1.00 bits per heavy atom. The SMILES string of the molecule is O=C(NC(c1ccccc1)c1ccco1)c1cc(F)ccc1F. The number of carbonyl (C=O) groups excluding carboxylic acids is 1. The number of halogens is 2. The molecule has 0 fully saturated rings. The first-order chi connectivity index (χ1) is 11.1. The van der Waals surface area contributed by atoms with Crippen molar-refractivity contribution in [1.29, 1.82) is 0 Å². The first-order valence-electron chi connectivity index (χ1n) is 6.99. The number of hydrogen-bond acceptors (Lipinski definition) is 2. The van der Waals surface area contributed by atoms with Gasteiger partial charge in [-0.15, -0.1) is 0 Å². The van der Waals surface area contributed by atoms with Crippen LogP contribution in [0, 0.1) is 11.6 Å². The molecule has 5 heteroatoms. The third-order valence-electron chi connectivity index (χ3n) is 3.41. The number of benzene rings is 2. The highest BCUT2D eigenvalue weighted by molar-refractivity contribution is 5.94. The Hall–Kier alpha value is -2.95. The fraction of sp³-hybridized carbons (Fsp3) is 0.0556. The lowest BCUT2D eigenvalue weighted by molar-refractivity contribution is 0.0934. The van der Waals surface area contributed by atoms with Gasteiger partial charge in [-0.3, -0.25) is 4.79 Å². The Balaban J connectivity index is 1.93. The summed E-state index contributed by atoms with van der Waals surface area (Å²) in [5, 5.41) is 2.68. The molecule has 1 aromatic heterocycles. The maximum atomic E-state index is 13.8. The summed E-state index contributed by atoms with van der Waals surface area (Å²) >= 11 is 0. The van der Waals surface area contributed by atoms with Crippen LogP contribution in [-0.2, 0) is 0 Å². The predicted octanol–water partition coefficient (Wildman–Crippen LogP) is 4.08. The van der Waals surface area contributed by atoms with E-state index in [1.165, 1.54) is 6.26 Å². The minimum absolute atomic E-state index is 0.350. The largest absolute Gasteiger partial charge is 0.467 e. The van der Waals surface area contributed by atoms with E-state index in [9.17, 15) is 13.6 Å². The van der Waals surface area contributed by atoms with E-state index in [-0.39, 0.29) is 5.56 Å². The molecular weight excluding hydrogens is 300 g/mol. The molecule has 0 radical (unpaired) electrons. The van der Waals surface area contributed by atoms with Gasteiger partial charge in [-0.2, -0.15) is 0 Å². The van der Waals surface area contributed by atoms with E-state index in [0.29, 0.717) is 5.76 Å². The quantitative estimate of drug-likeness (QED) is 0.788. The zero-order chi connectivity index (χ0) is 16.2. The normalized spacial score (nSPS) is 11.9. The second-order valence-corrected chi connectivity index (χ2v) is 4.96. The Morgan fingerprint density at radius 2 is 1.78 bits per heavy atom. The second kappa shape index (κ2) is 6.44. The lowest BCUT2D eigenvalue weighted by atomic mass is 10.0. The average Bonchev–Trinajstić information content (AvgIpc) is 3.09. The van der Waals surface area contributed by atoms with E-state index in [1.807, 2.05) is 30.3 Å². The van der Waals surface area contributed by atoms with Crippen LogP contribution in [0.5, 0.6) is 0 Å². The lowest BCUT2D eigenvalue weighted by Gasteiger charge is -2.17. The van der Waals surface area contributed by atoms with Gasteiger partial charge in [0.05, 0.1) is 11.8 Å². The van der Waals surface area contributed by atoms with E-state index in [1.54, 1.807) is 12.1 Å². The first-order valence-corrected chi connectivity index (χ1v) is 6.99. The molecule has 0 bridgehead atoms. The predicted molar refractivity (Wildman–Crippen MR) is 80.8 cm³/mol. The smallest absolute Gasteiger partial charge is 0.255 e. The standard InChI is InChI=1S/C18H13F2NO2/c19-13-8-9-15(20)14(11-13)18(22)21-17(16-7-4-10-23-16)12-5-2-1-3-6-12/h1-11,17H,(H,21,22). The van der Waals surface area contributed by atoms with Crippen LogP contribution in [0.3, 0.4) is 0 Å². The molecule has 1 atom stereocenters. The highest BCUT2D eigenvalue weighted by Crippen LogP contribution is 2.23. The van der Waals surface area contributed by atoms with E-state index >= 15 is 0 Å². The van der Waals surface area contributed by atoms with E-state index < -0.39 is 23.6 Å². The fourth-order valence-corrected chi connectivity index (χ4v) is 2.30. The molecule has 0 saturated heterocycles. The summed E-state index contributed by atoms with van der Waals surface area (Å²) in [6.45, 7) is 0. The van der Waals surface area contributed by atoms with Crippen LogP contribution in [0.25, 0.3) is 0 Å². The molecule has 0 aliphatic rings. The molecule has 0 aliphatic heterocycles. The van der Waals surface area contributed by atoms with Crippen LogP contribution in [0.2, 0.25) is 0 Å². The maximum absolute atomic E-state index is 13.8. The Morgan fingerprint density at radius 3 is 2.48 bits per heavy atom. The number of amides is 1. The minimum atomic E-state index is -0.782. The molecular formula is C18H13F2NO2. The molecule has 2 aromatic carbocycles. The van der Waals surface area contributed by atoms with Crippen LogP contribution in [0.1, 0.15) is 27.7 Å². The summed E-state index contributed by atoms with van der Waals surface area (Å²) in [5.41, 5.74) is 0.421. The van der Waals surface area contributed by atoms with Gasteiger partial charge < -0.3 is 9.73 Å². The molecule has 0 spiro atoms. The van der Waals surface area contributed by atoms with Crippen LogP contribution >= 0.6 is 0 Å². The van der Waals surface area contributed by atoms with Crippen molar-refractivity contribution < 1.29 is 18.0 Å². The molecule has 3 aromatic rings. The van der Waals surface area contributed by atoms with Crippen LogP contribution in [-0.4, -0.2) is 5.91 Å². The second-order valence-electron chi connectivity index (χ2n) is 4.96. The minimum Gasteiger partial charge on any atom is -0.467 e. The summed E-state index contributed by atoms with van der Waals surface area (Å²) in [6, 6.07) is 14.7. The van der Waals surface area contributed by atoms with Gasteiger partial charge in [0, 0.05) is 0 Å². The topological polar surface area (TPSA) is 42.2 Å². The van der Waals surface area contributed by atoms with Crippen LogP contribution < -0.4 is 5.32 Å². The molecule has 1 heterocycles. The van der Waals surface area contributed by atoms with Gasteiger partial charge in [-0.1, -0.05) is 30.3 Å². The van der Waals surface area contributed by atoms with Gasteiger partial charge in [0.25, 0.3) is 5.91 Å². The zero-order valence-corrected chi connectivity index (χ0v) is 12.0. The summed E-state index contributed by atoms with van der Waals surface area (Å²) in [5.74, 6) is -1.67. The molecule has 23 heavy (non-hydrogen) atoms. The van der Waals surface area contributed by atoms with Gasteiger partial charge >= 0.3 is 0 Å². The van der Waals surface area contributed by atoms with Gasteiger partial charge in [0.15, 0.2) is 0 Å². The van der Waals surface area contributed by atoms with Crippen molar-refractivity contribution in [3.05, 3.63) is 95.4 Å². The van der Waals surface area contributed by atoms with E-state index in [2.05, 4.69) is 5.32 Å². The van der Waals surface area contributed by atoms with Gasteiger partial charge in [0.2, 0.25) is 0 Å². The summed E-state index contributed by atoms with van der Waals surface area (Å²) < 4.78 is 32.4. The highest BCUT2D eigenvalue weighted by Gasteiger charge is 2.22. The molecule has 1 N–H and O–H groups in total. The molecule has 1 unspecified atom stereocenters. The number of furan rings is 1. The molecule has 0 aliphatic carbocycles. The summed E-state index contributed by atoms with van der Waals surface area (Å²) in [4.78, 5) is 12.3. The Kier molecular flexibility index (Phi) is 4.19. The highest BCUT2D eigenvalue weighted by atomic mass is 19.1. The molecule has 1 amide bonds. The van der Waals surface area contributed by atoms with Crippen molar-refractivity contribution >= 4 is 5.91 Å². The van der Waals surface area contributed by atoms with Crippen molar-refractivity contribution in [2.24, 2.45) is 0 Å². The van der Waals surface area contributed by atoms with E-state index in [4.69, 9.17) is 4.42 Å². The van der Waals surface area contributed by atoms with Crippen molar-refractivity contribution in [3.8, 4) is 0 Å². The van der Waals surface area contributed by atoms with Gasteiger partial charge in [-0.25, -0.2) is 8.78 Å². The molecule has 3 nitrogen and oxygen atoms in total. The lowest BCUT2D eigenvalue weighted by Crippen LogP contribution is -2.29. The van der Waals surface area contributed by atoms with E-state index in [0.717, 1.165) is 23.8 Å². The average molecular weight is 313 g/mol. The Bertz CT molecular complexity index is 801. The van der Waals surface area contributed by atoms with Crippen molar-refractivity contribution in [2.45, 2.75) is 6.04 Å². The summed E-state index contributed by atoms with van der Waals surface area (Å²) in [6.07, 6.45) is 1.49. The van der Waals surface area contributed by atoms with Crippen LogP contribution in [0.4, 0.5) is 8.78 Å². The van der Waals surface area contributed by atoms with Crippen molar-refractivity contribution in [2.75, 3.05) is 0 Å². The third kappa shape index (κ3) is 3.29.